The Hall–Kier alpha value is -2.11. The molecule has 23 heavy (non-hydrogen) atoms. The summed E-state index contributed by atoms with van der Waals surface area (Å²) in [4.78, 5) is 32.3. The van der Waals surface area contributed by atoms with E-state index in [4.69, 9.17) is 0 Å². The van der Waals surface area contributed by atoms with E-state index in [0.29, 0.717) is 19.6 Å². The first kappa shape index (κ1) is 15.8. The molecule has 6 nitrogen and oxygen atoms in total. The highest BCUT2D eigenvalue weighted by Gasteiger charge is 2.34. The Labute approximate surface area is 136 Å². The number of hydrogen-bond donors (Lipinski definition) is 1. The lowest BCUT2D eigenvalue weighted by molar-refractivity contribution is -0.132. The van der Waals surface area contributed by atoms with E-state index in [2.05, 4.69) is 10.3 Å². The molecule has 2 heterocycles. The van der Waals surface area contributed by atoms with Gasteiger partial charge in [-0.3, -0.25) is 9.78 Å². The fraction of sp³-hybridized carbons (Fsp3) is 0.588. The molecule has 124 valence electrons. The lowest BCUT2D eigenvalue weighted by atomic mass is 10.1. The fourth-order valence-electron chi connectivity index (χ4n) is 2.94. The fourth-order valence-corrected chi connectivity index (χ4v) is 2.94. The van der Waals surface area contributed by atoms with E-state index in [1.165, 1.54) is 0 Å². The summed E-state index contributed by atoms with van der Waals surface area (Å²) in [5.74, 6) is 0.527. The monoisotopic (exact) mass is 316 g/mol. The Morgan fingerprint density at radius 1 is 1.13 bits per heavy atom. The molecule has 0 unspecified atom stereocenters. The van der Waals surface area contributed by atoms with Gasteiger partial charge in [-0.2, -0.15) is 0 Å². The van der Waals surface area contributed by atoms with Crippen molar-refractivity contribution in [2.45, 2.75) is 32.2 Å². The van der Waals surface area contributed by atoms with Gasteiger partial charge in [0.15, 0.2) is 0 Å². The molecule has 1 aromatic heterocycles. The number of pyridine rings is 1. The summed E-state index contributed by atoms with van der Waals surface area (Å²) >= 11 is 0. The molecule has 1 atom stereocenters. The van der Waals surface area contributed by atoms with Crippen molar-refractivity contribution in [1.29, 1.82) is 0 Å². The molecule has 1 N–H and O–H groups in total. The normalized spacial score (nSPS) is 19.9. The Kier molecular flexibility index (Phi) is 4.79. The van der Waals surface area contributed by atoms with Crippen molar-refractivity contribution in [2.75, 3.05) is 26.2 Å². The number of aromatic nitrogens is 1. The van der Waals surface area contributed by atoms with E-state index >= 15 is 0 Å². The summed E-state index contributed by atoms with van der Waals surface area (Å²) in [6.45, 7) is 4.68. The van der Waals surface area contributed by atoms with E-state index in [1.54, 1.807) is 12.4 Å². The second kappa shape index (κ2) is 6.98. The second-order valence-corrected chi connectivity index (χ2v) is 6.39. The number of rotatable bonds is 3. The summed E-state index contributed by atoms with van der Waals surface area (Å²) in [6, 6.07) is 3.69. The van der Waals surface area contributed by atoms with Gasteiger partial charge in [-0.1, -0.05) is 0 Å². The molecular formula is C17H24N4O2. The Bertz CT molecular complexity index is 559. The molecule has 1 saturated carbocycles. The van der Waals surface area contributed by atoms with Gasteiger partial charge in [-0.25, -0.2) is 4.79 Å². The van der Waals surface area contributed by atoms with Crippen LogP contribution in [0.25, 0.3) is 0 Å². The zero-order valence-electron chi connectivity index (χ0n) is 13.6. The zero-order valence-corrected chi connectivity index (χ0v) is 13.6. The first-order valence-corrected chi connectivity index (χ1v) is 8.39. The molecule has 2 aliphatic rings. The minimum absolute atomic E-state index is 0.0575. The molecule has 0 radical (unpaired) electrons. The molecule has 3 amide bonds. The molecule has 1 aromatic rings. The molecule has 3 rings (SSSR count). The van der Waals surface area contributed by atoms with Crippen LogP contribution in [0.15, 0.2) is 24.5 Å². The van der Waals surface area contributed by atoms with Gasteiger partial charge in [-0.15, -0.1) is 0 Å². The molecule has 2 fully saturated rings. The lowest BCUT2D eigenvalue weighted by Crippen LogP contribution is -2.43. The van der Waals surface area contributed by atoms with Crippen molar-refractivity contribution in [3.05, 3.63) is 30.1 Å². The van der Waals surface area contributed by atoms with E-state index in [0.717, 1.165) is 31.4 Å². The summed E-state index contributed by atoms with van der Waals surface area (Å²) in [5.41, 5.74) is 1.04. The highest BCUT2D eigenvalue weighted by atomic mass is 16.2. The molecular weight excluding hydrogens is 292 g/mol. The highest BCUT2D eigenvalue weighted by Crippen LogP contribution is 2.31. The quantitative estimate of drug-likeness (QED) is 0.924. The van der Waals surface area contributed by atoms with Crippen LogP contribution in [-0.2, 0) is 4.79 Å². The maximum Gasteiger partial charge on any atom is 0.317 e. The van der Waals surface area contributed by atoms with Crippen LogP contribution in [0.2, 0.25) is 0 Å². The Balaban J connectivity index is 1.52. The average molecular weight is 316 g/mol. The van der Waals surface area contributed by atoms with Crippen molar-refractivity contribution < 1.29 is 9.59 Å². The molecule has 1 saturated heterocycles. The molecule has 0 bridgehead atoms. The van der Waals surface area contributed by atoms with E-state index < -0.39 is 0 Å². The van der Waals surface area contributed by atoms with Crippen LogP contribution in [0.4, 0.5) is 4.79 Å². The lowest BCUT2D eigenvalue weighted by Gasteiger charge is -2.24. The second-order valence-electron chi connectivity index (χ2n) is 6.39. The van der Waals surface area contributed by atoms with Crippen LogP contribution < -0.4 is 5.32 Å². The zero-order chi connectivity index (χ0) is 16.2. The minimum atomic E-state index is -0.0602. The number of nitrogens with one attached hydrogen (secondary N) is 1. The van der Waals surface area contributed by atoms with E-state index in [1.807, 2.05) is 28.9 Å². The van der Waals surface area contributed by atoms with Gasteiger partial charge in [-0.05, 0) is 43.9 Å². The van der Waals surface area contributed by atoms with Crippen molar-refractivity contribution in [1.82, 2.24) is 20.1 Å². The third-order valence-corrected chi connectivity index (χ3v) is 4.57. The van der Waals surface area contributed by atoms with Crippen LogP contribution in [0.5, 0.6) is 0 Å². The average Bonchev–Trinajstić information content (AvgIpc) is 3.41. The predicted molar refractivity (Wildman–Crippen MR) is 86.7 cm³/mol. The number of amides is 3. The molecule has 1 aliphatic carbocycles. The summed E-state index contributed by atoms with van der Waals surface area (Å²) in [6.07, 6.45) is 6.36. The Morgan fingerprint density at radius 3 is 2.48 bits per heavy atom. The van der Waals surface area contributed by atoms with Gasteiger partial charge in [0.1, 0.15) is 0 Å². The summed E-state index contributed by atoms with van der Waals surface area (Å²) in [7, 11) is 0. The largest absolute Gasteiger partial charge is 0.341 e. The van der Waals surface area contributed by atoms with Crippen LogP contribution in [0.1, 0.15) is 37.8 Å². The van der Waals surface area contributed by atoms with Crippen LogP contribution in [-0.4, -0.2) is 52.9 Å². The molecule has 0 spiro atoms. The summed E-state index contributed by atoms with van der Waals surface area (Å²) < 4.78 is 0. The number of hydrogen-bond acceptors (Lipinski definition) is 3. The van der Waals surface area contributed by atoms with Crippen molar-refractivity contribution in [2.24, 2.45) is 5.92 Å². The maximum absolute atomic E-state index is 12.5. The van der Waals surface area contributed by atoms with Gasteiger partial charge in [0.05, 0.1) is 6.04 Å². The smallest absolute Gasteiger partial charge is 0.317 e. The highest BCUT2D eigenvalue weighted by molar-refractivity contribution is 5.81. The molecule has 6 heteroatoms. The van der Waals surface area contributed by atoms with Crippen molar-refractivity contribution in [3.8, 4) is 0 Å². The third kappa shape index (κ3) is 4.00. The number of nitrogens with zero attached hydrogens (tertiary/aromatic N) is 3. The Morgan fingerprint density at radius 2 is 1.78 bits per heavy atom. The van der Waals surface area contributed by atoms with Crippen LogP contribution >= 0.6 is 0 Å². The topological polar surface area (TPSA) is 65.5 Å². The summed E-state index contributed by atoms with van der Waals surface area (Å²) in [5, 5.41) is 3.03. The predicted octanol–water partition coefficient (Wildman–Crippen LogP) is 1.80. The van der Waals surface area contributed by atoms with Crippen LogP contribution in [0, 0.1) is 5.92 Å². The maximum atomic E-state index is 12.5. The molecule has 1 aliphatic heterocycles. The minimum Gasteiger partial charge on any atom is -0.341 e. The number of carbonyl (C=O) groups is 2. The standard InChI is InChI=1S/C17H24N4O2/c1-13(14-5-7-18-8-6-14)19-17(23)21-10-2-9-20(11-12-21)16(22)15-3-4-15/h5-8,13,15H,2-4,9-12H2,1H3,(H,19,23)/t13-/m0/s1. The van der Waals surface area contributed by atoms with Gasteiger partial charge in [0, 0.05) is 44.5 Å². The first-order valence-electron chi connectivity index (χ1n) is 8.39. The van der Waals surface area contributed by atoms with Gasteiger partial charge in [0.2, 0.25) is 5.91 Å². The van der Waals surface area contributed by atoms with Crippen molar-refractivity contribution in [3.63, 3.8) is 0 Å². The third-order valence-electron chi connectivity index (χ3n) is 4.57. The van der Waals surface area contributed by atoms with Crippen molar-refractivity contribution >= 4 is 11.9 Å². The number of urea groups is 1. The van der Waals surface area contributed by atoms with E-state index in [-0.39, 0.29) is 23.9 Å². The van der Waals surface area contributed by atoms with Gasteiger partial charge in [0.25, 0.3) is 0 Å². The van der Waals surface area contributed by atoms with Gasteiger partial charge >= 0.3 is 6.03 Å². The van der Waals surface area contributed by atoms with E-state index in [9.17, 15) is 9.59 Å². The number of carbonyl (C=O) groups excluding carboxylic acids is 2. The van der Waals surface area contributed by atoms with Gasteiger partial charge < -0.3 is 15.1 Å². The first-order chi connectivity index (χ1) is 11.1. The SMILES string of the molecule is C[C@H](NC(=O)N1CCCN(C(=O)C2CC2)CC1)c1ccncc1. The molecule has 0 aromatic carbocycles. The van der Waals surface area contributed by atoms with Crippen LogP contribution in [0.3, 0.4) is 0 Å².